The highest BCUT2D eigenvalue weighted by atomic mass is 127. The predicted molar refractivity (Wildman–Crippen MR) is 138 cm³/mol. The Labute approximate surface area is 208 Å². The molecule has 0 radical (unpaired) electrons. The van der Waals surface area contributed by atoms with Crippen molar-refractivity contribution in [2.24, 2.45) is 10.9 Å². The Balaban J connectivity index is 0.00000272. The Bertz CT molecular complexity index is 836. The van der Waals surface area contributed by atoms with Crippen LogP contribution >= 0.6 is 35.6 Å². The van der Waals surface area contributed by atoms with Gasteiger partial charge in [-0.1, -0.05) is 30.7 Å². The van der Waals surface area contributed by atoms with Gasteiger partial charge in [-0.05, 0) is 56.0 Å². The smallest absolute Gasteiger partial charge is 0.193 e. The maximum Gasteiger partial charge on any atom is 0.193 e. The lowest BCUT2D eigenvalue weighted by atomic mass is 9.93. The third kappa shape index (κ3) is 5.93. The number of guanidine groups is 1. The Morgan fingerprint density at radius 3 is 2.77 bits per heavy atom. The van der Waals surface area contributed by atoms with E-state index in [0.29, 0.717) is 18.0 Å². The number of aliphatic imine (C=N–C) groups is 1. The number of nitrogens with zero attached hydrogens (tertiary/aromatic N) is 5. The van der Waals surface area contributed by atoms with E-state index in [1.165, 1.54) is 18.4 Å². The molecule has 3 atom stereocenters. The largest absolute Gasteiger partial charge is 0.354 e. The summed E-state index contributed by atoms with van der Waals surface area (Å²) in [5.41, 5.74) is 1.27. The molecule has 6 nitrogen and oxygen atoms in total. The average molecular weight is 557 g/mol. The van der Waals surface area contributed by atoms with Gasteiger partial charge in [-0.3, -0.25) is 9.89 Å². The van der Waals surface area contributed by atoms with E-state index in [4.69, 9.17) is 11.6 Å². The molecule has 170 valence electrons. The SMILES string of the molecule is CN=C(NCC(c1cccc(Cl)c1)N1CCCC1)N1CCC(C)C(n2ccnc2)C1.I. The van der Waals surface area contributed by atoms with Crippen LogP contribution in [0.2, 0.25) is 5.02 Å². The molecule has 1 N–H and O–H groups in total. The minimum atomic E-state index is 0. The Morgan fingerprint density at radius 1 is 1.29 bits per heavy atom. The number of halogens is 2. The summed E-state index contributed by atoms with van der Waals surface area (Å²) in [5, 5.41) is 4.48. The van der Waals surface area contributed by atoms with Gasteiger partial charge < -0.3 is 14.8 Å². The van der Waals surface area contributed by atoms with E-state index < -0.39 is 0 Å². The summed E-state index contributed by atoms with van der Waals surface area (Å²) < 4.78 is 2.24. The van der Waals surface area contributed by atoms with Crippen LogP contribution in [-0.4, -0.2) is 65.1 Å². The summed E-state index contributed by atoms with van der Waals surface area (Å²) >= 11 is 6.31. The van der Waals surface area contributed by atoms with Crippen molar-refractivity contribution in [1.29, 1.82) is 0 Å². The number of piperidine rings is 1. The number of benzene rings is 1. The zero-order chi connectivity index (χ0) is 20.9. The van der Waals surface area contributed by atoms with Crippen molar-refractivity contribution in [3.8, 4) is 0 Å². The Hall–Kier alpha value is -1.32. The number of imidazole rings is 1. The fraction of sp³-hybridized carbons (Fsp3) is 0.565. The molecule has 2 saturated heterocycles. The molecule has 0 amide bonds. The Kier molecular flexibility index (Phi) is 9.04. The van der Waals surface area contributed by atoms with Gasteiger partial charge in [0.1, 0.15) is 0 Å². The van der Waals surface area contributed by atoms with Gasteiger partial charge >= 0.3 is 0 Å². The van der Waals surface area contributed by atoms with Gasteiger partial charge in [0, 0.05) is 44.1 Å². The van der Waals surface area contributed by atoms with Crippen molar-refractivity contribution in [2.75, 3.05) is 39.8 Å². The van der Waals surface area contributed by atoms with Crippen LogP contribution in [0.4, 0.5) is 0 Å². The van der Waals surface area contributed by atoms with Crippen LogP contribution in [0.5, 0.6) is 0 Å². The highest BCUT2D eigenvalue weighted by molar-refractivity contribution is 14.0. The molecule has 0 spiro atoms. The topological polar surface area (TPSA) is 48.7 Å². The molecule has 3 unspecified atom stereocenters. The summed E-state index contributed by atoms with van der Waals surface area (Å²) in [6, 6.07) is 9.02. The molecule has 3 heterocycles. The number of rotatable bonds is 5. The molecule has 2 fully saturated rings. The zero-order valence-electron chi connectivity index (χ0n) is 18.5. The lowest BCUT2D eigenvalue weighted by Gasteiger charge is -2.40. The van der Waals surface area contributed by atoms with Crippen LogP contribution in [0.25, 0.3) is 0 Å². The molecule has 8 heteroatoms. The number of nitrogens with one attached hydrogen (secondary N) is 1. The molecule has 2 aromatic rings. The number of likely N-dealkylation sites (tertiary alicyclic amines) is 2. The van der Waals surface area contributed by atoms with Crippen LogP contribution in [-0.2, 0) is 0 Å². The average Bonchev–Trinajstić information content (AvgIpc) is 3.46. The fourth-order valence-electron chi connectivity index (χ4n) is 4.84. The van der Waals surface area contributed by atoms with Crippen LogP contribution in [0.3, 0.4) is 0 Å². The van der Waals surface area contributed by atoms with E-state index in [0.717, 1.165) is 50.1 Å². The summed E-state index contributed by atoms with van der Waals surface area (Å²) in [6.07, 6.45) is 9.55. The van der Waals surface area contributed by atoms with E-state index in [1.807, 2.05) is 25.6 Å². The molecule has 0 saturated carbocycles. The molecule has 1 aromatic carbocycles. The molecule has 0 bridgehead atoms. The van der Waals surface area contributed by atoms with E-state index in [9.17, 15) is 0 Å². The summed E-state index contributed by atoms with van der Waals surface area (Å²) in [6.45, 7) is 7.42. The van der Waals surface area contributed by atoms with E-state index in [-0.39, 0.29) is 24.0 Å². The van der Waals surface area contributed by atoms with Crippen molar-refractivity contribution in [3.63, 3.8) is 0 Å². The van der Waals surface area contributed by atoms with Gasteiger partial charge in [0.25, 0.3) is 0 Å². The highest BCUT2D eigenvalue weighted by Gasteiger charge is 2.30. The van der Waals surface area contributed by atoms with Crippen molar-refractivity contribution < 1.29 is 0 Å². The molecular formula is C23H34ClIN6. The first kappa shape index (κ1) is 24.3. The maximum atomic E-state index is 6.31. The second kappa shape index (κ2) is 11.5. The second-order valence-electron chi connectivity index (χ2n) is 8.53. The summed E-state index contributed by atoms with van der Waals surface area (Å²) in [5.74, 6) is 1.61. The molecule has 0 aliphatic carbocycles. The van der Waals surface area contributed by atoms with Gasteiger partial charge in [-0.25, -0.2) is 4.98 Å². The Morgan fingerprint density at radius 2 is 2.10 bits per heavy atom. The predicted octanol–water partition coefficient (Wildman–Crippen LogP) is 4.45. The van der Waals surface area contributed by atoms with Crippen LogP contribution < -0.4 is 5.32 Å². The number of hydrogen-bond acceptors (Lipinski definition) is 3. The fourth-order valence-corrected chi connectivity index (χ4v) is 5.04. The minimum absolute atomic E-state index is 0. The minimum Gasteiger partial charge on any atom is -0.354 e. The van der Waals surface area contributed by atoms with Crippen molar-refractivity contribution in [1.82, 2.24) is 24.7 Å². The van der Waals surface area contributed by atoms with Gasteiger partial charge in [0.2, 0.25) is 0 Å². The van der Waals surface area contributed by atoms with Gasteiger partial charge in [-0.15, -0.1) is 24.0 Å². The van der Waals surface area contributed by atoms with Crippen LogP contribution in [0, 0.1) is 5.92 Å². The molecule has 1 aromatic heterocycles. The molecule has 2 aliphatic heterocycles. The highest BCUT2D eigenvalue weighted by Crippen LogP contribution is 2.29. The van der Waals surface area contributed by atoms with Gasteiger partial charge in [0.15, 0.2) is 5.96 Å². The van der Waals surface area contributed by atoms with E-state index in [1.54, 1.807) is 0 Å². The van der Waals surface area contributed by atoms with Crippen molar-refractivity contribution >= 4 is 41.5 Å². The van der Waals surface area contributed by atoms with Crippen molar-refractivity contribution in [2.45, 2.75) is 38.3 Å². The third-order valence-electron chi connectivity index (χ3n) is 6.61. The first-order valence-corrected chi connectivity index (χ1v) is 11.5. The first-order valence-electron chi connectivity index (χ1n) is 11.1. The van der Waals surface area contributed by atoms with Gasteiger partial charge in [0.05, 0.1) is 18.4 Å². The molecule has 2 aliphatic rings. The first-order chi connectivity index (χ1) is 14.7. The van der Waals surface area contributed by atoms with Crippen molar-refractivity contribution in [3.05, 3.63) is 53.6 Å². The quantitative estimate of drug-likeness (QED) is 0.336. The summed E-state index contributed by atoms with van der Waals surface area (Å²) in [7, 11) is 1.89. The monoisotopic (exact) mass is 556 g/mol. The normalized spacial score (nSPS) is 23.5. The second-order valence-corrected chi connectivity index (χ2v) is 8.97. The van der Waals surface area contributed by atoms with Gasteiger partial charge in [-0.2, -0.15) is 0 Å². The number of aromatic nitrogens is 2. The van der Waals surface area contributed by atoms with Crippen LogP contribution in [0.1, 0.15) is 43.8 Å². The molecular weight excluding hydrogens is 523 g/mol. The lowest BCUT2D eigenvalue weighted by molar-refractivity contribution is 0.186. The van der Waals surface area contributed by atoms with Crippen LogP contribution in [0.15, 0.2) is 48.0 Å². The standard InChI is InChI=1S/C23H33ClN6.HI/c1-18-8-12-29(16-22(18)30-13-9-26-17-30)23(25-2)27-15-21(28-10-3-4-11-28)19-6-5-7-20(24)14-19;/h5-7,9,13-14,17-18,21-22H,3-4,8,10-12,15-16H2,1-2H3,(H,25,27);1H. The lowest BCUT2D eigenvalue weighted by Crippen LogP contribution is -2.50. The van der Waals surface area contributed by atoms with E-state index in [2.05, 4.69) is 61.0 Å². The zero-order valence-corrected chi connectivity index (χ0v) is 21.5. The molecule has 31 heavy (non-hydrogen) atoms. The number of hydrogen-bond donors (Lipinski definition) is 1. The van der Waals surface area contributed by atoms with E-state index >= 15 is 0 Å². The third-order valence-corrected chi connectivity index (χ3v) is 6.84. The summed E-state index contributed by atoms with van der Waals surface area (Å²) in [4.78, 5) is 13.8. The molecule has 4 rings (SSSR count). The maximum absolute atomic E-state index is 6.31.